The maximum Gasteiger partial charge on any atom is 0.254 e. The van der Waals surface area contributed by atoms with Gasteiger partial charge in [0.05, 0.1) is 0 Å². The summed E-state index contributed by atoms with van der Waals surface area (Å²) in [5.74, 6) is 1.38. The van der Waals surface area contributed by atoms with Crippen molar-refractivity contribution in [2.45, 2.75) is 157 Å². The van der Waals surface area contributed by atoms with Crippen LogP contribution in [0.25, 0.3) is 0 Å². The van der Waals surface area contributed by atoms with E-state index in [9.17, 15) is 14.4 Å². The third-order valence-electron chi connectivity index (χ3n) is 11.8. The smallest absolute Gasteiger partial charge is 0.254 e. The van der Waals surface area contributed by atoms with Crippen LogP contribution in [0.4, 0.5) is 5.69 Å². The Morgan fingerprint density at radius 1 is 0.733 bits per heavy atom. The van der Waals surface area contributed by atoms with Crippen molar-refractivity contribution in [1.82, 2.24) is 4.90 Å². The zero-order valence-corrected chi connectivity index (χ0v) is 29.6. The zero-order chi connectivity index (χ0) is 32.9. The Morgan fingerprint density at radius 3 is 1.67 bits per heavy atom. The summed E-state index contributed by atoms with van der Waals surface area (Å²) >= 11 is 0. The molecular formula is C39H63N3O3. The quantitative estimate of drug-likeness (QED) is 0.288. The third kappa shape index (κ3) is 9.35. The predicted octanol–water partition coefficient (Wildman–Crippen LogP) is 9.37. The normalized spacial score (nSPS) is 27.9. The van der Waals surface area contributed by atoms with Crippen LogP contribution in [0.15, 0.2) is 18.2 Å². The van der Waals surface area contributed by atoms with Gasteiger partial charge in [0, 0.05) is 34.8 Å². The van der Waals surface area contributed by atoms with E-state index < -0.39 is 5.91 Å². The number of hydrogen-bond acceptors (Lipinski definition) is 3. The number of carbonyl (C=O) groups excluding carboxylic acids is 3. The lowest BCUT2D eigenvalue weighted by Crippen LogP contribution is -2.50. The minimum absolute atomic E-state index is 0.0122. The van der Waals surface area contributed by atoms with Gasteiger partial charge in [-0.25, -0.2) is 0 Å². The second kappa shape index (κ2) is 15.0. The predicted molar refractivity (Wildman–Crippen MR) is 185 cm³/mol. The number of carbonyl (C=O) groups is 3. The van der Waals surface area contributed by atoms with Crippen LogP contribution in [-0.2, 0) is 4.79 Å². The molecule has 45 heavy (non-hydrogen) atoms. The fourth-order valence-electron chi connectivity index (χ4n) is 8.63. The first-order valence-corrected chi connectivity index (χ1v) is 18.3. The van der Waals surface area contributed by atoms with Gasteiger partial charge >= 0.3 is 0 Å². The molecule has 3 aliphatic carbocycles. The van der Waals surface area contributed by atoms with Gasteiger partial charge in [-0.1, -0.05) is 67.7 Å². The van der Waals surface area contributed by atoms with Gasteiger partial charge in [-0.15, -0.1) is 0 Å². The molecule has 0 aliphatic heterocycles. The first kappa shape index (κ1) is 35.5. The number of benzene rings is 1. The first-order valence-electron chi connectivity index (χ1n) is 18.3. The van der Waals surface area contributed by atoms with E-state index in [1.807, 2.05) is 0 Å². The highest BCUT2D eigenvalue weighted by molar-refractivity contribution is 6.02. The summed E-state index contributed by atoms with van der Waals surface area (Å²) in [6.07, 6.45) is 16.2. The van der Waals surface area contributed by atoms with Crippen molar-refractivity contribution in [3.63, 3.8) is 0 Å². The van der Waals surface area contributed by atoms with Crippen molar-refractivity contribution in [2.75, 3.05) is 5.32 Å². The molecule has 252 valence electrons. The molecule has 0 aromatic heterocycles. The van der Waals surface area contributed by atoms with Crippen molar-refractivity contribution >= 4 is 23.4 Å². The summed E-state index contributed by atoms with van der Waals surface area (Å²) in [6.45, 7) is 16.2. The van der Waals surface area contributed by atoms with E-state index in [1.54, 1.807) is 18.2 Å². The molecule has 0 atom stereocenters. The number of rotatable bonds is 9. The second-order valence-electron chi connectivity index (χ2n) is 17.0. The van der Waals surface area contributed by atoms with E-state index in [2.05, 4.69) is 58.7 Å². The number of anilines is 1. The summed E-state index contributed by atoms with van der Waals surface area (Å²) in [5, 5.41) is 3.09. The van der Waals surface area contributed by atoms with Crippen LogP contribution < -0.4 is 11.1 Å². The van der Waals surface area contributed by atoms with Gasteiger partial charge in [-0.05, 0) is 124 Å². The van der Waals surface area contributed by atoms with Crippen molar-refractivity contribution in [3.8, 4) is 0 Å². The highest BCUT2D eigenvalue weighted by atomic mass is 16.2. The largest absolute Gasteiger partial charge is 0.366 e. The third-order valence-corrected chi connectivity index (χ3v) is 11.8. The summed E-state index contributed by atoms with van der Waals surface area (Å²) in [4.78, 5) is 42.6. The Hall–Kier alpha value is -2.37. The summed E-state index contributed by atoms with van der Waals surface area (Å²) in [6, 6.07) is 5.44. The van der Waals surface area contributed by atoms with Gasteiger partial charge in [0.15, 0.2) is 0 Å². The number of primary amides is 1. The van der Waals surface area contributed by atoms with Crippen LogP contribution in [0, 0.1) is 34.5 Å². The second-order valence-corrected chi connectivity index (χ2v) is 17.0. The molecule has 3 aliphatic rings. The van der Waals surface area contributed by atoms with E-state index in [4.69, 9.17) is 5.73 Å². The van der Waals surface area contributed by atoms with Crippen LogP contribution in [0.3, 0.4) is 0 Å². The van der Waals surface area contributed by atoms with E-state index >= 15 is 0 Å². The highest BCUT2D eigenvalue weighted by Gasteiger charge is 2.40. The van der Waals surface area contributed by atoms with Crippen molar-refractivity contribution in [3.05, 3.63) is 29.3 Å². The Morgan fingerprint density at radius 2 is 1.22 bits per heavy atom. The fourth-order valence-corrected chi connectivity index (χ4v) is 8.63. The van der Waals surface area contributed by atoms with Crippen LogP contribution in [-0.4, -0.2) is 34.7 Å². The number of amides is 3. The van der Waals surface area contributed by atoms with Gasteiger partial charge in [0.2, 0.25) is 11.8 Å². The fraction of sp³-hybridized carbons (Fsp3) is 0.769. The molecule has 3 saturated carbocycles. The molecule has 3 N–H and O–H groups in total. The van der Waals surface area contributed by atoms with Crippen molar-refractivity contribution in [1.29, 1.82) is 0 Å². The number of hydrogen-bond donors (Lipinski definition) is 2. The SMILES string of the molecule is CCCCC1CCC(C(=O)Nc2cc(C(N)=O)cc(C(=O)N([C@H]3CC[C@@H](C(C)(C)C)CC3)[C@H]3CC[C@@H](C(C)(C)C)CC3)c2)CC1. The molecule has 3 fully saturated rings. The van der Waals surface area contributed by atoms with Gasteiger partial charge in [-0.3, -0.25) is 14.4 Å². The molecule has 6 nitrogen and oxygen atoms in total. The number of unbranched alkanes of at least 4 members (excludes halogenated alkanes) is 1. The van der Waals surface area contributed by atoms with E-state index in [-0.39, 0.29) is 46.2 Å². The molecule has 4 rings (SSSR count). The first-order chi connectivity index (χ1) is 21.2. The van der Waals surface area contributed by atoms with Crippen LogP contribution in [0.1, 0.15) is 165 Å². The van der Waals surface area contributed by atoms with E-state index in [0.717, 1.165) is 83.0 Å². The van der Waals surface area contributed by atoms with E-state index in [0.29, 0.717) is 23.1 Å². The molecule has 6 heteroatoms. The van der Waals surface area contributed by atoms with E-state index in [1.165, 1.54) is 19.3 Å². The molecule has 0 radical (unpaired) electrons. The Labute approximate surface area is 274 Å². The van der Waals surface area contributed by atoms with Gasteiger partial charge in [-0.2, -0.15) is 0 Å². The molecular weight excluding hydrogens is 558 g/mol. The molecule has 0 spiro atoms. The van der Waals surface area contributed by atoms with Crippen LogP contribution >= 0.6 is 0 Å². The van der Waals surface area contributed by atoms with Gasteiger partial charge < -0.3 is 16.0 Å². The Bertz CT molecular complexity index is 1120. The van der Waals surface area contributed by atoms with Gasteiger partial charge in [0.1, 0.15) is 0 Å². The highest BCUT2D eigenvalue weighted by Crippen LogP contribution is 2.43. The number of nitrogens with one attached hydrogen (secondary N) is 1. The molecule has 0 heterocycles. The number of nitrogens with two attached hydrogens (primary N) is 1. The Balaban J connectivity index is 1.55. The molecule has 0 saturated heterocycles. The Kier molecular flexibility index (Phi) is 11.8. The topological polar surface area (TPSA) is 92.5 Å². The lowest BCUT2D eigenvalue weighted by atomic mass is 9.69. The molecule has 1 aromatic carbocycles. The van der Waals surface area contributed by atoms with Gasteiger partial charge in [0.25, 0.3) is 5.91 Å². The monoisotopic (exact) mass is 621 g/mol. The average molecular weight is 622 g/mol. The maximum absolute atomic E-state index is 14.6. The molecule has 0 bridgehead atoms. The lowest BCUT2D eigenvalue weighted by Gasteiger charge is -2.47. The summed E-state index contributed by atoms with van der Waals surface area (Å²) in [7, 11) is 0. The molecule has 0 unspecified atom stereocenters. The lowest BCUT2D eigenvalue weighted by molar-refractivity contribution is -0.121. The standard InChI is InChI=1S/C39H63N3O3/c1-8-9-10-26-11-13-27(14-12-26)36(44)41-32-24-28(35(40)43)23-29(25-32)37(45)42(33-19-15-30(16-20-33)38(2,3)4)34-21-17-31(18-22-34)39(5,6)7/h23-27,30-31,33-34H,8-22H2,1-7H3,(H2,40,43)(H,41,44)/t26?,27?,30-,31-,33+,34+. The minimum atomic E-state index is -0.584. The van der Waals surface area contributed by atoms with Crippen LogP contribution in [0.5, 0.6) is 0 Å². The maximum atomic E-state index is 14.6. The zero-order valence-electron chi connectivity index (χ0n) is 29.6. The minimum Gasteiger partial charge on any atom is -0.366 e. The summed E-state index contributed by atoms with van der Waals surface area (Å²) in [5.41, 5.74) is 7.54. The van der Waals surface area contributed by atoms with Crippen molar-refractivity contribution < 1.29 is 14.4 Å². The molecule has 3 amide bonds. The van der Waals surface area contributed by atoms with Crippen LogP contribution in [0.2, 0.25) is 0 Å². The average Bonchev–Trinajstić information content (AvgIpc) is 2.99. The molecule has 1 aromatic rings. The summed E-state index contributed by atoms with van der Waals surface area (Å²) < 4.78 is 0. The number of nitrogens with zero attached hydrogens (tertiary/aromatic N) is 1. The van der Waals surface area contributed by atoms with Crippen molar-refractivity contribution in [2.24, 2.45) is 40.2 Å².